The van der Waals surface area contributed by atoms with Crippen LogP contribution in [0.3, 0.4) is 0 Å². The Bertz CT molecular complexity index is 209. The Morgan fingerprint density at radius 1 is 1.33 bits per heavy atom. The minimum Gasteiger partial charge on any atom is -0.310 e. The van der Waals surface area contributed by atoms with E-state index in [4.69, 9.17) is 5.26 Å². The zero-order chi connectivity index (χ0) is 11.3. The number of nitriles is 1. The molecule has 0 aromatic heterocycles. The fourth-order valence-corrected chi connectivity index (χ4v) is 2.71. The molecule has 2 nitrogen and oxygen atoms in total. The summed E-state index contributed by atoms with van der Waals surface area (Å²) < 4.78 is 0. The van der Waals surface area contributed by atoms with Crippen molar-refractivity contribution in [2.24, 2.45) is 11.8 Å². The Morgan fingerprint density at radius 3 is 2.40 bits per heavy atom. The monoisotopic (exact) mass is 208 g/mol. The molecule has 1 rings (SSSR count). The molecule has 1 N–H and O–H groups in total. The Hall–Kier alpha value is -0.550. The highest BCUT2D eigenvalue weighted by Crippen LogP contribution is 2.29. The Labute approximate surface area is 94.1 Å². The van der Waals surface area contributed by atoms with E-state index >= 15 is 0 Å². The molecule has 0 spiro atoms. The van der Waals surface area contributed by atoms with Crippen LogP contribution in [0.1, 0.15) is 52.9 Å². The van der Waals surface area contributed by atoms with Crippen LogP contribution in [0.15, 0.2) is 0 Å². The van der Waals surface area contributed by atoms with Crippen LogP contribution in [0, 0.1) is 23.2 Å². The van der Waals surface area contributed by atoms with Crippen LogP contribution in [-0.4, -0.2) is 12.1 Å². The minimum absolute atomic E-state index is 0.392. The summed E-state index contributed by atoms with van der Waals surface area (Å²) in [6.45, 7) is 6.84. The molecule has 3 unspecified atom stereocenters. The van der Waals surface area contributed by atoms with Gasteiger partial charge in [-0.1, -0.05) is 27.2 Å². The molecule has 0 radical (unpaired) electrons. The molecule has 0 aliphatic heterocycles. The molecule has 1 aliphatic carbocycles. The van der Waals surface area contributed by atoms with Crippen LogP contribution in [0.4, 0.5) is 0 Å². The predicted octanol–water partition coefficient (Wildman–Crippen LogP) is 3.09. The molecule has 0 bridgehead atoms. The van der Waals surface area contributed by atoms with Crippen LogP contribution in [0.5, 0.6) is 0 Å². The first-order valence-corrected chi connectivity index (χ1v) is 6.32. The highest BCUT2D eigenvalue weighted by Gasteiger charge is 2.28. The summed E-state index contributed by atoms with van der Waals surface area (Å²) in [6, 6.07) is 3.29. The van der Waals surface area contributed by atoms with E-state index in [1.165, 1.54) is 19.3 Å². The van der Waals surface area contributed by atoms with Gasteiger partial charge in [0.2, 0.25) is 0 Å². The number of hydrogen-bond donors (Lipinski definition) is 1. The molecule has 0 saturated heterocycles. The quantitative estimate of drug-likeness (QED) is 0.770. The average molecular weight is 208 g/mol. The lowest BCUT2D eigenvalue weighted by Gasteiger charge is -2.37. The third kappa shape index (κ3) is 3.50. The lowest BCUT2D eigenvalue weighted by Crippen LogP contribution is -2.47. The second-order valence-corrected chi connectivity index (χ2v) is 5.05. The second kappa shape index (κ2) is 6.12. The molecule has 2 heteroatoms. The van der Waals surface area contributed by atoms with Gasteiger partial charge in [-0.3, -0.25) is 0 Å². The zero-order valence-corrected chi connectivity index (χ0v) is 10.3. The van der Waals surface area contributed by atoms with Gasteiger partial charge in [-0.15, -0.1) is 0 Å². The van der Waals surface area contributed by atoms with Gasteiger partial charge < -0.3 is 5.32 Å². The SMILES string of the molecule is CCC(CC#N)NC1C(C)CCCC1C. The summed E-state index contributed by atoms with van der Waals surface area (Å²) >= 11 is 0. The van der Waals surface area contributed by atoms with E-state index in [1.807, 2.05) is 0 Å². The van der Waals surface area contributed by atoms with Gasteiger partial charge in [-0.2, -0.15) is 5.26 Å². The third-order valence-corrected chi connectivity index (χ3v) is 3.80. The first kappa shape index (κ1) is 12.5. The average Bonchev–Trinajstić information content (AvgIpc) is 2.22. The van der Waals surface area contributed by atoms with E-state index in [2.05, 4.69) is 32.2 Å². The van der Waals surface area contributed by atoms with Crippen LogP contribution < -0.4 is 5.32 Å². The Kier molecular flexibility index (Phi) is 5.11. The lowest BCUT2D eigenvalue weighted by molar-refractivity contribution is 0.191. The summed E-state index contributed by atoms with van der Waals surface area (Å²) in [4.78, 5) is 0. The van der Waals surface area contributed by atoms with Crippen molar-refractivity contribution in [2.45, 2.75) is 65.0 Å². The maximum absolute atomic E-state index is 8.74. The van der Waals surface area contributed by atoms with Gasteiger partial charge in [-0.05, 0) is 31.1 Å². The number of nitrogens with zero attached hydrogens (tertiary/aromatic N) is 1. The van der Waals surface area contributed by atoms with Crippen LogP contribution in [0.2, 0.25) is 0 Å². The first-order valence-electron chi connectivity index (χ1n) is 6.32. The molecular weight excluding hydrogens is 184 g/mol. The van der Waals surface area contributed by atoms with Crippen LogP contribution >= 0.6 is 0 Å². The number of hydrogen-bond acceptors (Lipinski definition) is 2. The maximum atomic E-state index is 8.74. The summed E-state index contributed by atoms with van der Waals surface area (Å²) in [6.07, 6.45) is 5.75. The van der Waals surface area contributed by atoms with Crippen molar-refractivity contribution in [3.05, 3.63) is 0 Å². The molecule has 3 atom stereocenters. The van der Waals surface area contributed by atoms with Crippen molar-refractivity contribution < 1.29 is 0 Å². The molecule has 1 aliphatic rings. The van der Waals surface area contributed by atoms with Crippen molar-refractivity contribution in [2.75, 3.05) is 0 Å². The summed E-state index contributed by atoms with van der Waals surface area (Å²) in [5, 5.41) is 12.4. The highest BCUT2D eigenvalue weighted by molar-refractivity contribution is 4.88. The molecule has 0 aromatic rings. The number of rotatable bonds is 4. The van der Waals surface area contributed by atoms with Crippen molar-refractivity contribution in [3.63, 3.8) is 0 Å². The second-order valence-electron chi connectivity index (χ2n) is 5.05. The molecular formula is C13H24N2. The maximum Gasteiger partial charge on any atom is 0.0638 e. The topological polar surface area (TPSA) is 35.8 Å². The van der Waals surface area contributed by atoms with E-state index < -0.39 is 0 Å². The number of nitrogens with one attached hydrogen (secondary N) is 1. The first-order chi connectivity index (χ1) is 7.19. The van der Waals surface area contributed by atoms with E-state index in [-0.39, 0.29) is 0 Å². The Morgan fingerprint density at radius 2 is 1.93 bits per heavy atom. The molecule has 86 valence electrons. The van der Waals surface area contributed by atoms with E-state index in [1.54, 1.807) is 0 Å². The van der Waals surface area contributed by atoms with Crippen molar-refractivity contribution >= 4 is 0 Å². The van der Waals surface area contributed by atoms with Gasteiger partial charge in [0, 0.05) is 12.1 Å². The van der Waals surface area contributed by atoms with Gasteiger partial charge in [0.25, 0.3) is 0 Å². The summed E-state index contributed by atoms with van der Waals surface area (Å²) in [5.74, 6) is 1.53. The van der Waals surface area contributed by atoms with Gasteiger partial charge in [0.05, 0.1) is 12.5 Å². The van der Waals surface area contributed by atoms with Crippen LogP contribution in [-0.2, 0) is 0 Å². The fraction of sp³-hybridized carbons (Fsp3) is 0.923. The van der Waals surface area contributed by atoms with Crippen molar-refractivity contribution in [3.8, 4) is 6.07 Å². The van der Waals surface area contributed by atoms with Crippen LogP contribution in [0.25, 0.3) is 0 Å². The molecule has 0 amide bonds. The fourth-order valence-electron chi connectivity index (χ4n) is 2.71. The highest BCUT2D eigenvalue weighted by atomic mass is 15.0. The molecule has 0 aromatic carbocycles. The van der Waals surface area contributed by atoms with E-state index in [0.29, 0.717) is 18.5 Å². The van der Waals surface area contributed by atoms with Gasteiger partial charge in [-0.25, -0.2) is 0 Å². The molecule has 15 heavy (non-hydrogen) atoms. The van der Waals surface area contributed by atoms with Crippen molar-refractivity contribution in [1.29, 1.82) is 5.26 Å². The molecule has 1 fully saturated rings. The summed E-state index contributed by atoms with van der Waals surface area (Å²) in [7, 11) is 0. The van der Waals surface area contributed by atoms with Gasteiger partial charge in [0.15, 0.2) is 0 Å². The summed E-state index contributed by atoms with van der Waals surface area (Å²) in [5.41, 5.74) is 0. The van der Waals surface area contributed by atoms with Crippen molar-refractivity contribution in [1.82, 2.24) is 5.32 Å². The predicted molar refractivity (Wildman–Crippen MR) is 63.4 cm³/mol. The molecule has 1 saturated carbocycles. The zero-order valence-electron chi connectivity index (χ0n) is 10.3. The van der Waals surface area contributed by atoms with Gasteiger partial charge in [0.1, 0.15) is 0 Å². The van der Waals surface area contributed by atoms with E-state index in [9.17, 15) is 0 Å². The lowest BCUT2D eigenvalue weighted by atomic mass is 9.78. The Balaban J connectivity index is 2.49. The standard InChI is InChI=1S/C13H24N2/c1-4-12(8-9-14)15-13-10(2)6-5-7-11(13)3/h10-13,15H,4-8H2,1-3H3. The smallest absolute Gasteiger partial charge is 0.0638 e. The normalized spacial score (nSPS) is 33.3. The molecule has 0 heterocycles. The largest absolute Gasteiger partial charge is 0.310 e. The third-order valence-electron chi connectivity index (χ3n) is 3.80. The minimum atomic E-state index is 0.392. The van der Waals surface area contributed by atoms with Gasteiger partial charge >= 0.3 is 0 Å². The van der Waals surface area contributed by atoms with E-state index in [0.717, 1.165) is 18.3 Å².